The molecule has 0 heterocycles. The minimum atomic E-state index is -0.344. The van der Waals surface area contributed by atoms with E-state index in [2.05, 4.69) is 32.0 Å². The minimum Gasteiger partial charge on any atom is -0.389 e. The summed E-state index contributed by atoms with van der Waals surface area (Å²) in [5.74, 6) is 0. The molecule has 0 radical (unpaired) electrons. The Balaban J connectivity index is 2.83. The number of unbranched alkanes of at least 4 members (excludes halogenated alkanes) is 2. The summed E-state index contributed by atoms with van der Waals surface area (Å²) in [7, 11) is 0. The van der Waals surface area contributed by atoms with Gasteiger partial charge in [-0.3, -0.25) is 0 Å². The Morgan fingerprint density at radius 2 is 1.71 bits per heavy atom. The van der Waals surface area contributed by atoms with E-state index >= 15 is 0 Å². The highest BCUT2D eigenvalue weighted by Gasteiger charge is 2.08. The lowest BCUT2D eigenvalue weighted by Crippen LogP contribution is -2.00. The molecule has 1 atom stereocenters. The predicted octanol–water partition coefficient (Wildman–Crippen LogP) is 4.43. The Kier molecular flexibility index (Phi) is 6.28. The van der Waals surface area contributed by atoms with E-state index in [1.54, 1.807) is 0 Å². The van der Waals surface area contributed by atoms with Crippen LogP contribution in [-0.2, 0) is 12.8 Å². The fourth-order valence-electron chi connectivity index (χ4n) is 2.16. The lowest BCUT2D eigenvalue weighted by Gasteiger charge is -2.14. The smallest absolute Gasteiger partial charge is 0.0764 e. The SMILES string of the molecule is CCCCc1ccc(CCCC)c(C(C)O)c1. The van der Waals surface area contributed by atoms with Crippen LogP contribution in [0.25, 0.3) is 0 Å². The third kappa shape index (κ3) is 4.51. The monoisotopic (exact) mass is 234 g/mol. The molecule has 1 N–H and O–H groups in total. The molecular weight excluding hydrogens is 208 g/mol. The van der Waals surface area contributed by atoms with Gasteiger partial charge in [0, 0.05) is 0 Å². The second-order valence-electron chi connectivity index (χ2n) is 4.92. The molecule has 0 amide bonds. The van der Waals surface area contributed by atoms with Gasteiger partial charge in [-0.15, -0.1) is 0 Å². The van der Waals surface area contributed by atoms with Crippen molar-refractivity contribution in [2.45, 2.75) is 65.4 Å². The van der Waals surface area contributed by atoms with Crippen LogP contribution < -0.4 is 0 Å². The molecule has 17 heavy (non-hydrogen) atoms. The Bertz CT molecular complexity index is 328. The van der Waals surface area contributed by atoms with Crippen molar-refractivity contribution < 1.29 is 5.11 Å². The zero-order chi connectivity index (χ0) is 12.7. The van der Waals surface area contributed by atoms with Crippen LogP contribution in [0.1, 0.15) is 69.2 Å². The Morgan fingerprint density at radius 3 is 2.29 bits per heavy atom. The number of aryl methyl sites for hydroxylation is 2. The van der Waals surface area contributed by atoms with Crippen LogP contribution in [0.15, 0.2) is 18.2 Å². The van der Waals surface area contributed by atoms with Crippen LogP contribution in [-0.4, -0.2) is 5.11 Å². The first kappa shape index (κ1) is 14.2. The maximum absolute atomic E-state index is 9.85. The number of benzene rings is 1. The summed E-state index contributed by atoms with van der Waals surface area (Å²) in [6, 6.07) is 6.64. The zero-order valence-electron chi connectivity index (χ0n) is 11.5. The van der Waals surface area contributed by atoms with Crippen LogP contribution in [0.5, 0.6) is 0 Å². The molecule has 1 aromatic carbocycles. The molecule has 1 unspecified atom stereocenters. The van der Waals surface area contributed by atoms with Crippen molar-refractivity contribution in [3.05, 3.63) is 34.9 Å². The average Bonchev–Trinajstić information content (AvgIpc) is 2.34. The number of hydrogen-bond acceptors (Lipinski definition) is 1. The highest BCUT2D eigenvalue weighted by molar-refractivity contribution is 5.33. The van der Waals surface area contributed by atoms with Crippen molar-refractivity contribution in [2.75, 3.05) is 0 Å². The van der Waals surface area contributed by atoms with E-state index in [1.165, 1.54) is 36.8 Å². The molecule has 0 bridgehead atoms. The third-order valence-electron chi connectivity index (χ3n) is 3.28. The van der Waals surface area contributed by atoms with Gasteiger partial charge in [0.1, 0.15) is 0 Å². The lowest BCUT2D eigenvalue weighted by atomic mass is 9.95. The second kappa shape index (κ2) is 7.50. The molecule has 1 rings (SSSR count). The van der Waals surface area contributed by atoms with Crippen LogP contribution in [0.4, 0.5) is 0 Å². The molecule has 0 aromatic heterocycles. The van der Waals surface area contributed by atoms with Crippen molar-refractivity contribution in [2.24, 2.45) is 0 Å². The molecule has 1 heteroatoms. The standard InChI is InChI=1S/C16H26O/c1-4-6-8-14-10-11-15(9-7-5-2)16(12-14)13(3)17/h10-13,17H,4-9H2,1-3H3. The highest BCUT2D eigenvalue weighted by atomic mass is 16.3. The quantitative estimate of drug-likeness (QED) is 0.740. The third-order valence-corrected chi connectivity index (χ3v) is 3.28. The van der Waals surface area contributed by atoms with Gasteiger partial charge in [0.15, 0.2) is 0 Å². The van der Waals surface area contributed by atoms with E-state index in [4.69, 9.17) is 0 Å². The van der Waals surface area contributed by atoms with E-state index in [0.29, 0.717) is 0 Å². The lowest BCUT2D eigenvalue weighted by molar-refractivity contribution is 0.198. The van der Waals surface area contributed by atoms with E-state index < -0.39 is 0 Å². The molecule has 0 aliphatic heterocycles. The van der Waals surface area contributed by atoms with Crippen LogP contribution in [0, 0.1) is 0 Å². The van der Waals surface area contributed by atoms with Crippen LogP contribution >= 0.6 is 0 Å². The summed E-state index contributed by atoms with van der Waals surface area (Å²) in [5, 5.41) is 9.85. The van der Waals surface area contributed by atoms with Crippen LogP contribution in [0.2, 0.25) is 0 Å². The first-order valence-corrected chi connectivity index (χ1v) is 6.98. The van der Waals surface area contributed by atoms with Gasteiger partial charge in [0.2, 0.25) is 0 Å². The molecule has 1 nitrogen and oxygen atoms in total. The minimum absolute atomic E-state index is 0.344. The zero-order valence-corrected chi connectivity index (χ0v) is 11.5. The number of rotatable bonds is 7. The van der Waals surface area contributed by atoms with Gasteiger partial charge in [0.05, 0.1) is 6.10 Å². The molecular formula is C16H26O. The number of hydrogen-bond donors (Lipinski definition) is 1. The molecule has 0 fully saturated rings. The Hall–Kier alpha value is -0.820. The summed E-state index contributed by atoms with van der Waals surface area (Å²) < 4.78 is 0. The molecule has 0 aliphatic rings. The summed E-state index contributed by atoms with van der Waals surface area (Å²) in [6.07, 6.45) is 6.73. The first-order valence-electron chi connectivity index (χ1n) is 6.98. The van der Waals surface area contributed by atoms with Gasteiger partial charge < -0.3 is 5.11 Å². The van der Waals surface area contributed by atoms with Gasteiger partial charge in [-0.25, -0.2) is 0 Å². The molecule has 1 aromatic rings. The van der Waals surface area contributed by atoms with Gasteiger partial charge in [-0.2, -0.15) is 0 Å². The van der Waals surface area contributed by atoms with Gasteiger partial charge in [-0.1, -0.05) is 44.9 Å². The van der Waals surface area contributed by atoms with Crippen molar-refractivity contribution in [3.63, 3.8) is 0 Å². The summed E-state index contributed by atoms with van der Waals surface area (Å²) in [6.45, 7) is 6.29. The average molecular weight is 234 g/mol. The van der Waals surface area contributed by atoms with Gasteiger partial charge >= 0.3 is 0 Å². The summed E-state index contributed by atoms with van der Waals surface area (Å²) in [4.78, 5) is 0. The number of aliphatic hydroxyl groups excluding tert-OH is 1. The van der Waals surface area contributed by atoms with Gasteiger partial charge in [-0.05, 0) is 49.3 Å². The molecule has 0 saturated heterocycles. The van der Waals surface area contributed by atoms with Crippen molar-refractivity contribution in [3.8, 4) is 0 Å². The fraction of sp³-hybridized carbons (Fsp3) is 0.625. The normalized spacial score (nSPS) is 12.7. The molecule has 0 aliphatic carbocycles. The molecule has 0 spiro atoms. The maximum Gasteiger partial charge on any atom is 0.0764 e. The maximum atomic E-state index is 9.85. The predicted molar refractivity (Wildman–Crippen MR) is 74.3 cm³/mol. The highest BCUT2D eigenvalue weighted by Crippen LogP contribution is 2.22. The first-order chi connectivity index (χ1) is 8.19. The summed E-state index contributed by atoms with van der Waals surface area (Å²) in [5.41, 5.74) is 3.82. The number of aliphatic hydroxyl groups is 1. The Labute approximate surface area is 106 Å². The van der Waals surface area contributed by atoms with Crippen molar-refractivity contribution in [1.29, 1.82) is 0 Å². The van der Waals surface area contributed by atoms with E-state index in [0.717, 1.165) is 18.4 Å². The van der Waals surface area contributed by atoms with Crippen LogP contribution in [0.3, 0.4) is 0 Å². The topological polar surface area (TPSA) is 20.2 Å². The summed E-state index contributed by atoms with van der Waals surface area (Å²) >= 11 is 0. The second-order valence-corrected chi connectivity index (χ2v) is 4.92. The molecule has 0 saturated carbocycles. The fourth-order valence-corrected chi connectivity index (χ4v) is 2.16. The largest absolute Gasteiger partial charge is 0.389 e. The van der Waals surface area contributed by atoms with E-state index in [1.807, 2.05) is 6.92 Å². The van der Waals surface area contributed by atoms with E-state index in [-0.39, 0.29) is 6.10 Å². The van der Waals surface area contributed by atoms with E-state index in [9.17, 15) is 5.11 Å². The Morgan fingerprint density at radius 1 is 1.06 bits per heavy atom. The van der Waals surface area contributed by atoms with Crippen molar-refractivity contribution in [1.82, 2.24) is 0 Å². The van der Waals surface area contributed by atoms with Crippen molar-refractivity contribution >= 4 is 0 Å². The van der Waals surface area contributed by atoms with Gasteiger partial charge in [0.25, 0.3) is 0 Å². The molecule has 96 valence electrons.